The zero-order valence-corrected chi connectivity index (χ0v) is 12.7. The van der Waals surface area contributed by atoms with Gasteiger partial charge in [0.05, 0.1) is 4.90 Å². The number of hydrogen-bond acceptors (Lipinski definition) is 3. The van der Waals surface area contributed by atoms with E-state index in [1.165, 1.54) is 24.3 Å². The minimum atomic E-state index is -3.21. The summed E-state index contributed by atoms with van der Waals surface area (Å²) in [4.78, 5) is 12.0. The van der Waals surface area contributed by atoms with Gasteiger partial charge in [-0.3, -0.25) is 4.79 Å². The van der Waals surface area contributed by atoms with Gasteiger partial charge in [0.25, 0.3) is 5.91 Å². The second-order valence-corrected chi connectivity index (χ2v) is 6.96. The number of amides is 1. The monoisotopic (exact) mass is 333 g/mol. The number of hydrogen-bond donors (Lipinski definition) is 1. The van der Waals surface area contributed by atoms with Gasteiger partial charge in [-0.05, 0) is 37.6 Å². The van der Waals surface area contributed by atoms with Crippen molar-refractivity contribution in [1.29, 1.82) is 0 Å². The first-order valence-electron chi connectivity index (χ1n) is 5.51. The summed E-state index contributed by atoms with van der Waals surface area (Å²) in [6.45, 7) is 1.92. The number of carbonyl (C=O) groups excluding carboxylic acids is 1. The van der Waals surface area contributed by atoms with E-state index < -0.39 is 9.84 Å². The molecule has 0 spiro atoms. The van der Waals surface area contributed by atoms with Crippen LogP contribution >= 0.6 is 15.9 Å². The van der Waals surface area contributed by atoms with E-state index in [2.05, 4.69) is 21.2 Å². The van der Waals surface area contributed by atoms with Crippen LogP contribution in [0.25, 0.3) is 0 Å². The normalized spacial score (nSPS) is 13.1. The fraction of sp³-hybridized carbons (Fsp3) is 0.417. The van der Waals surface area contributed by atoms with E-state index in [4.69, 9.17) is 0 Å². The third kappa shape index (κ3) is 4.42. The SMILES string of the molecule is CC(CCBr)NC(=O)c1ccc(S(C)(=O)=O)cc1. The molecule has 0 aliphatic heterocycles. The Balaban J connectivity index is 2.77. The van der Waals surface area contributed by atoms with E-state index >= 15 is 0 Å². The van der Waals surface area contributed by atoms with Gasteiger partial charge in [0.2, 0.25) is 0 Å². The van der Waals surface area contributed by atoms with E-state index in [-0.39, 0.29) is 16.8 Å². The van der Waals surface area contributed by atoms with Gasteiger partial charge in [-0.15, -0.1) is 0 Å². The second kappa shape index (κ2) is 6.33. The standard InChI is InChI=1S/C12H16BrNO3S/c1-9(7-8-13)14-12(15)10-3-5-11(6-4-10)18(2,16)17/h3-6,9H,7-8H2,1-2H3,(H,14,15). The van der Waals surface area contributed by atoms with Crippen LogP contribution in [0.2, 0.25) is 0 Å². The molecule has 1 rings (SSSR count). The van der Waals surface area contributed by atoms with Crippen LogP contribution in [0.15, 0.2) is 29.2 Å². The van der Waals surface area contributed by atoms with Crippen LogP contribution in [0, 0.1) is 0 Å². The van der Waals surface area contributed by atoms with Gasteiger partial charge >= 0.3 is 0 Å². The molecule has 0 heterocycles. The Hall–Kier alpha value is -0.880. The first-order chi connectivity index (χ1) is 8.34. The van der Waals surface area contributed by atoms with Crippen molar-refractivity contribution in [3.63, 3.8) is 0 Å². The maximum atomic E-state index is 11.8. The van der Waals surface area contributed by atoms with Crippen LogP contribution in [-0.4, -0.2) is 32.0 Å². The van der Waals surface area contributed by atoms with Crippen LogP contribution in [0.4, 0.5) is 0 Å². The van der Waals surface area contributed by atoms with E-state index in [0.717, 1.165) is 18.0 Å². The Bertz CT molecular complexity index is 511. The summed E-state index contributed by atoms with van der Waals surface area (Å²) in [6.07, 6.45) is 1.98. The van der Waals surface area contributed by atoms with Crippen LogP contribution in [0.1, 0.15) is 23.7 Å². The molecular formula is C12H16BrNO3S. The van der Waals surface area contributed by atoms with E-state index in [1.54, 1.807) is 0 Å². The summed E-state index contributed by atoms with van der Waals surface area (Å²) >= 11 is 3.31. The molecule has 0 bridgehead atoms. The lowest BCUT2D eigenvalue weighted by atomic mass is 10.2. The predicted octanol–water partition coefficient (Wildman–Crippen LogP) is 1.99. The average Bonchev–Trinajstić information content (AvgIpc) is 2.28. The largest absolute Gasteiger partial charge is 0.350 e. The molecule has 0 radical (unpaired) electrons. The highest BCUT2D eigenvalue weighted by molar-refractivity contribution is 9.09. The summed E-state index contributed by atoms with van der Waals surface area (Å²) in [5.74, 6) is -0.191. The number of halogens is 1. The molecule has 1 atom stereocenters. The first kappa shape index (κ1) is 15.2. The highest BCUT2D eigenvalue weighted by Crippen LogP contribution is 2.10. The van der Waals surface area contributed by atoms with Crippen molar-refractivity contribution in [1.82, 2.24) is 5.32 Å². The van der Waals surface area contributed by atoms with Gasteiger partial charge in [-0.25, -0.2) is 8.42 Å². The number of nitrogens with one attached hydrogen (secondary N) is 1. The lowest BCUT2D eigenvalue weighted by Crippen LogP contribution is -2.32. The maximum absolute atomic E-state index is 11.8. The Morgan fingerprint density at radius 1 is 1.33 bits per heavy atom. The fourth-order valence-corrected chi connectivity index (χ4v) is 2.71. The zero-order chi connectivity index (χ0) is 13.8. The molecule has 1 amide bonds. The molecule has 4 nitrogen and oxygen atoms in total. The molecule has 0 aliphatic carbocycles. The van der Waals surface area contributed by atoms with Gasteiger partial charge in [0.15, 0.2) is 9.84 Å². The molecule has 0 aromatic heterocycles. The molecule has 1 N–H and O–H groups in total. The number of alkyl halides is 1. The summed E-state index contributed by atoms with van der Waals surface area (Å²) in [6, 6.07) is 6.00. The number of benzene rings is 1. The van der Waals surface area contributed by atoms with E-state index in [1.807, 2.05) is 6.92 Å². The quantitative estimate of drug-likeness (QED) is 0.838. The predicted molar refractivity (Wildman–Crippen MR) is 74.9 cm³/mol. The van der Waals surface area contributed by atoms with Crippen molar-refractivity contribution >= 4 is 31.7 Å². The third-order valence-electron chi connectivity index (χ3n) is 2.46. The molecule has 0 saturated carbocycles. The molecule has 100 valence electrons. The number of rotatable bonds is 5. The summed E-state index contributed by atoms with van der Waals surface area (Å²) < 4.78 is 22.5. The third-order valence-corrected chi connectivity index (χ3v) is 4.05. The Labute approximate surface area is 116 Å². The molecule has 0 fully saturated rings. The molecule has 18 heavy (non-hydrogen) atoms. The van der Waals surface area contributed by atoms with Crippen molar-refractivity contribution < 1.29 is 13.2 Å². The minimum Gasteiger partial charge on any atom is -0.350 e. The topological polar surface area (TPSA) is 63.2 Å². The van der Waals surface area contributed by atoms with Crippen molar-refractivity contribution in [2.75, 3.05) is 11.6 Å². The number of carbonyl (C=O) groups is 1. The van der Waals surface area contributed by atoms with Gasteiger partial charge < -0.3 is 5.32 Å². The molecule has 1 unspecified atom stereocenters. The second-order valence-electron chi connectivity index (χ2n) is 4.15. The molecule has 6 heteroatoms. The smallest absolute Gasteiger partial charge is 0.251 e. The molecular weight excluding hydrogens is 318 g/mol. The van der Waals surface area contributed by atoms with Crippen LogP contribution < -0.4 is 5.32 Å². The van der Waals surface area contributed by atoms with Crippen LogP contribution in [-0.2, 0) is 9.84 Å². The van der Waals surface area contributed by atoms with Gasteiger partial charge in [-0.1, -0.05) is 15.9 Å². The van der Waals surface area contributed by atoms with Crippen molar-refractivity contribution in [3.8, 4) is 0 Å². The van der Waals surface area contributed by atoms with Crippen LogP contribution in [0.5, 0.6) is 0 Å². The van der Waals surface area contributed by atoms with E-state index in [9.17, 15) is 13.2 Å². The zero-order valence-electron chi connectivity index (χ0n) is 10.3. The van der Waals surface area contributed by atoms with Crippen molar-refractivity contribution in [2.45, 2.75) is 24.3 Å². The highest BCUT2D eigenvalue weighted by atomic mass is 79.9. The number of sulfone groups is 1. The van der Waals surface area contributed by atoms with Gasteiger partial charge in [0, 0.05) is 23.2 Å². The molecule has 1 aromatic carbocycles. The van der Waals surface area contributed by atoms with Gasteiger partial charge in [0.1, 0.15) is 0 Å². The highest BCUT2D eigenvalue weighted by Gasteiger charge is 2.11. The van der Waals surface area contributed by atoms with E-state index in [0.29, 0.717) is 5.56 Å². The lowest BCUT2D eigenvalue weighted by molar-refractivity contribution is 0.0939. The average molecular weight is 334 g/mol. The van der Waals surface area contributed by atoms with Crippen molar-refractivity contribution in [3.05, 3.63) is 29.8 Å². The Morgan fingerprint density at radius 3 is 2.33 bits per heavy atom. The Morgan fingerprint density at radius 2 is 1.89 bits per heavy atom. The molecule has 0 saturated heterocycles. The molecule has 1 aromatic rings. The fourth-order valence-electron chi connectivity index (χ4n) is 1.40. The first-order valence-corrected chi connectivity index (χ1v) is 8.53. The summed E-state index contributed by atoms with van der Waals surface area (Å²) in [5.41, 5.74) is 0.462. The summed E-state index contributed by atoms with van der Waals surface area (Å²) in [7, 11) is -3.21. The minimum absolute atomic E-state index is 0.0754. The van der Waals surface area contributed by atoms with Crippen LogP contribution in [0.3, 0.4) is 0 Å². The lowest BCUT2D eigenvalue weighted by Gasteiger charge is -2.12. The Kier molecular flexibility index (Phi) is 5.34. The summed E-state index contributed by atoms with van der Waals surface area (Å²) in [5, 5.41) is 3.66. The maximum Gasteiger partial charge on any atom is 0.251 e. The molecule has 0 aliphatic rings. The van der Waals surface area contributed by atoms with Gasteiger partial charge in [-0.2, -0.15) is 0 Å². The van der Waals surface area contributed by atoms with Crippen molar-refractivity contribution in [2.24, 2.45) is 0 Å².